The van der Waals surface area contributed by atoms with Gasteiger partial charge in [0.25, 0.3) is 11.8 Å². The van der Waals surface area contributed by atoms with Crippen molar-refractivity contribution >= 4 is 28.8 Å². The Bertz CT molecular complexity index is 1180. The van der Waals surface area contributed by atoms with Crippen LogP contribution < -0.4 is 14.8 Å². The van der Waals surface area contributed by atoms with Crippen molar-refractivity contribution in [2.24, 2.45) is 7.05 Å². The molecule has 0 unspecified atom stereocenters. The first kappa shape index (κ1) is 25.5. The Morgan fingerprint density at radius 3 is 2.65 bits per heavy atom. The first-order chi connectivity index (χ1) is 15.9. The normalized spacial score (nSPS) is 12.1. The number of carbonyl (C=O) groups excluding carboxylic acids is 1. The Morgan fingerprint density at radius 1 is 1.24 bits per heavy atom. The zero-order valence-electron chi connectivity index (χ0n) is 18.9. The highest BCUT2D eigenvalue weighted by Crippen LogP contribution is 2.31. The molecule has 1 N–H and O–H groups in total. The van der Waals surface area contributed by atoms with E-state index in [1.165, 1.54) is 16.7 Å². The molecule has 0 aliphatic carbocycles. The van der Waals surface area contributed by atoms with Crippen LogP contribution in [0.4, 0.5) is 17.6 Å². The number of nitrogens with one attached hydrogen (secondary N) is 1. The summed E-state index contributed by atoms with van der Waals surface area (Å²) in [5.74, 6) is -1.24. The summed E-state index contributed by atoms with van der Waals surface area (Å²) in [5, 5.41) is 2.95. The van der Waals surface area contributed by atoms with E-state index in [0.717, 1.165) is 24.4 Å². The zero-order valence-corrected chi connectivity index (χ0v) is 19.7. The van der Waals surface area contributed by atoms with Gasteiger partial charge in [0.1, 0.15) is 11.3 Å². The van der Waals surface area contributed by atoms with Crippen LogP contribution in [0.25, 0.3) is 11.2 Å². The van der Waals surface area contributed by atoms with Gasteiger partial charge in [-0.25, -0.2) is 14.4 Å². The predicted octanol–water partition coefficient (Wildman–Crippen LogP) is 4.50. The highest BCUT2D eigenvalue weighted by Gasteiger charge is 2.29. The Hall–Kier alpha value is -3.09. The van der Waals surface area contributed by atoms with Crippen molar-refractivity contribution in [3.63, 3.8) is 0 Å². The number of ether oxygens (including phenoxy) is 2. The van der Waals surface area contributed by atoms with Crippen LogP contribution in [-0.4, -0.2) is 55.8 Å². The number of carbonyl (C=O) groups is 1. The molecule has 0 saturated heterocycles. The molecule has 0 fully saturated rings. The minimum absolute atomic E-state index is 0.0567. The van der Waals surface area contributed by atoms with E-state index < -0.39 is 35.8 Å². The monoisotopic (exact) mass is 501 g/mol. The van der Waals surface area contributed by atoms with Crippen molar-refractivity contribution in [3.05, 3.63) is 36.0 Å². The lowest BCUT2D eigenvalue weighted by molar-refractivity contribution is -0.153. The third kappa shape index (κ3) is 6.49. The molecule has 0 radical (unpaired) electrons. The molecule has 184 valence electrons. The van der Waals surface area contributed by atoms with E-state index in [9.17, 15) is 22.4 Å². The van der Waals surface area contributed by atoms with Gasteiger partial charge >= 0.3 is 6.18 Å². The second-order valence-electron chi connectivity index (χ2n) is 8.03. The van der Waals surface area contributed by atoms with Crippen molar-refractivity contribution in [1.82, 2.24) is 24.8 Å². The Balaban J connectivity index is 1.84. The minimum atomic E-state index is -4.63. The highest BCUT2D eigenvalue weighted by atomic mass is 32.2. The molecule has 0 aliphatic rings. The molecule has 3 aromatic rings. The fraction of sp³-hybridized carbons (Fsp3) is 0.429. The van der Waals surface area contributed by atoms with Crippen LogP contribution in [0.2, 0.25) is 0 Å². The molecule has 3 heterocycles. The van der Waals surface area contributed by atoms with Gasteiger partial charge < -0.3 is 19.4 Å². The van der Waals surface area contributed by atoms with Crippen LogP contribution in [0.5, 0.6) is 17.5 Å². The number of imidazole rings is 1. The Kier molecular flexibility index (Phi) is 7.54. The number of aromatic nitrogens is 4. The van der Waals surface area contributed by atoms with Gasteiger partial charge in [0, 0.05) is 24.7 Å². The molecule has 1 amide bonds. The summed E-state index contributed by atoms with van der Waals surface area (Å²) in [6.45, 7) is 2.19. The van der Waals surface area contributed by atoms with Crippen LogP contribution in [0.3, 0.4) is 0 Å². The van der Waals surface area contributed by atoms with E-state index in [0.29, 0.717) is 11.2 Å². The molecule has 0 spiro atoms. The number of alkyl halides is 3. The van der Waals surface area contributed by atoms with Crippen LogP contribution in [0.1, 0.15) is 30.9 Å². The van der Waals surface area contributed by atoms with Gasteiger partial charge in [0.15, 0.2) is 18.0 Å². The van der Waals surface area contributed by atoms with Crippen molar-refractivity contribution < 1.29 is 31.8 Å². The number of rotatable bonds is 9. The summed E-state index contributed by atoms with van der Waals surface area (Å²) in [7, 11) is 1.60. The maximum atomic E-state index is 13.5. The summed E-state index contributed by atoms with van der Waals surface area (Å²) in [6.07, 6.45) is -1.10. The van der Waals surface area contributed by atoms with Crippen LogP contribution >= 0.6 is 11.8 Å². The number of fused-ring (bicyclic) bond motifs is 1. The summed E-state index contributed by atoms with van der Waals surface area (Å²) in [6, 6.07) is 3.67. The summed E-state index contributed by atoms with van der Waals surface area (Å²) in [4.78, 5) is 25.1. The van der Waals surface area contributed by atoms with Crippen LogP contribution in [-0.2, 0) is 7.05 Å². The fourth-order valence-electron chi connectivity index (χ4n) is 2.94. The van der Waals surface area contributed by atoms with E-state index in [1.54, 1.807) is 18.8 Å². The fourth-order valence-corrected chi connectivity index (χ4v) is 3.65. The smallest absolute Gasteiger partial charge is 0.422 e. The van der Waals surface area contributed by atoms with Gasteiger partial charge in [-0.15, -0.1) is 0 Å². The molecular formula is C21H23F4N5O3S. The molecule has 8 nitrogen and oxygen atoms in total. The van der Waals surface area contributed by atoms with Gasteiger partial charge in [0.05, 0.1) is 6.20 Å². The molecule has 0 aromatic carbocycles. The lowest BCUT2D eigenvalue weighted by atomic mass is 10.0. The molecule has 3 aromatic heterocycles. The maximum Gasteiger partial charge on any atom is 0.422 e. The third-order valence-corrected chi connectivity index (χ3v) is 5.27. The molecule has 0 saturated carbocycles. The highest BCUT2D eigenvalue weighted by molar-refractivity contribution is 7.98. The zero-order chi connectivity index (χ0) is 25.1. The second-order valence-corrected chi connectivity index (χ2v) is 9.02. The summed E-state index contributed by atoms with van der Waals surface area (Å²) < 4.78 is 62.6. The van der Waals surface area contributed by atoms with Gasteiger partial charge in [-0.1, -0.05) is 0 Å². The van der Waals surface area contributed by atoms with Crippen molar-refractivity contribution in [2.75, 3.05) is 18.6 Å². The first-order valence-electron chi connectivity index (χ1n) is 10.1. The van der Waals surface area contributed by atoms with Crippen LogP contribution in [0, 0.1) is 5.82 Å². The number of halogens is 4. The molecule has 3 rings (SSSR count). The number of hydrogen-bond donors (Lipinski definition) is 1. The standard InChI is InChI=1S/C21H23F4N5O3S/c1-20(2,7-8-34-4)29-18(31)17-27-13-5-6-15(28-16(13)30(17)3)33-19-14(9-12(22)10-26-19)32-11-21(23,24)25/h5-6,9-10H,7-8,11H2,1-4H3,(H,29,31). The summed E-state index contributed by atoms with van der Waals surface area (Å²) >= 11 is 1.68. The third-order valence-electron chi connectivity index (χ3n) is 4.65. The predicted molar refractivity (Wildman–Crippen MR) is 119 cm³/mol. The maximum absolute atomic E-state index is 13.5. The molecule has 34 heavy (non-hydrogen) atoms. The number of aryl methyl sites for hydroxylation is 1. The van der Waals surface area contributed by atoms with E-state index in [4.69, 9.17) is 4.74 Å². The van der Waals surface area contributed by atoms with Crippen molar-refractivity contribution in [1.29, 1.82) is 0 Å². The number of hydrogen-bond acceptors (Lipinski definition) is 7. The quantitative estimate of drug-likeness (QED) is 0.432. The lowest BCUT2D eigenvalue weighted by Gasteiger charge is -2.25. The molecule has 0 atom stereocenters. The lowest BCUT2D eigenvalue weighted by Crippen LogP contribution is -2.44. The van der Waals surface area contributed by atoms with Gasteiger partial charge in [-0.05, 0) is 38.3 Å². The van der Waals surface area contributed by atoms with Gasteiger partial charge in [-0.2, -0.15) is 29.9 Å². The summed E-state index contributed by atoms with van der Waals surface area (Å²) in [5.41, 5.74) is 0.257. The van der Waals surface area contributed by atoms with Crippen molar-refractivity contribution in [2.45, 2.75) is 32.0 Å². The average molecular weight is 502 g/mol. The van der Waals surface area contributed by atoms with Crippen molar-refractivity contribution in [3.8, 4) is 17.5 Å². The first-order valence-corrected chi connectivity index (χ1v) is 11.5. The number of thioether (sulfide) groups is 1. The minimum Gasteiger partial charge on any atom is -0.478 e. The largest absolute Gasteiger partial charge is 0.478 e. The molecule has 0 bridgehead atoms. The van der Waals surface area contributed by atoms with Gasteiger partial charge in [0.2, 0.25) is 11.7 Å². The number of pyridine rings is 2. The second kappa shape index (κ2) is 10.0. The molecular weight excluding hydrogens is 478 g/mol. The number of nitrogens with zero attached hydrogens (tertiary/aromatic N) is 4. The van der Waals surface area contributed by atoms with Gasteiger partial charge in [-0.3, -0.25) is 4.79 Å². The van der Waals surface area contributed by atoms with E-state index >= 15 is 0 Å². The van der Waals surface area contributed by atoms with E-state index in [1.807, 2.05) is 20.1 Å². The van der Waals surface area contributed by atoms with Crippen LogP contribution in [0.15, 0.2) is 24.4 Å². The Morgan fingerprint density at radius 2 is 1.97 bits per heavy atom. The Labute approximate surface area is 197 Å². The van der Waals surface area contributed by atoms with E-state index in [2.05, 4.69) is 25.0 Å². The molecule has 13 heteroatoms. The topological polar surface area (TPSA) is 91.2 Å². The average Bonchev–Trinajstić information content (AvgIpc) is 3.08. The van der Waals surface area contributed by atoms with E-state index in [-0.39, 0.29) is 17.6 Å². The SMILES string of the molecule is CSCCC(C)(C)NC(=O)c1nc2ccc(Oc3ncc(F)cc3OCC(F)(F)F)nc2n1C. The number of amides is 1. The molecule has 0 aliphatic heterocycles.